The first-order valence-electron chi connectivity index (χ1n) is 18.2. The molecule has 2 heteroatoms. The zero-order valence-corrected chi connectivity index (χ0v) is 29.2. The van der Waals surface area contributed by atoms with Crippen molar-refractivity contribution in [3.05, 3.63) is 204 Å². The highest BCUT2D eigenvalue weighted by Crippen LogP contribution is 2.63. The lowest BCUT2D eigenvalue weighted by molar-refractivity contribution is 0.794. The van der Waals surface area contributed by atoms with Crippen LogP contribution in [0.5, 0.6) is 0 Å². The molecular formula is C50H36N2. The number of hydrogen-bond donors (Lipinski definition) is 0. The van der Waals surface area contributed by atoms with Gasteiger partial charge in [-0.1, -0.05) is 172 Å². The Balaban J connectivity index is 1.25. The molecule has 0 saturated heterocycles. The van der Waals surface area contributed by atoms with E-state index in [1.165, 1.54) is 61.2 Å². The Morgan fingerprint density at radius 2 is 0.885 bits per heavy atom. The van der Waals surface area contributed by atoms with E-state index in [-0.39, 0.29) is 0 Å². The summed E-state index contributed by atoms with van der Waals surface area (Å²) in [6, 6.07) is 63.9. The Morgan fingerprint density at radius 3 is 1.54 bits per heavy atom. The molecule has 2 aliphatic rings. The Morgan fingerprint density at radius 1 is 0.385 bits per heavy atom. The van der Waals surface area contributed by atoms with Crippen molar-refractivity contribution >= 4 is 0 Å². The zero-order valence-electron chi connectivity index (χ0n) is 29.2. The average Bonchev–Trinajstić information content (AvgIpc) is 3.69. The van der Waals surface area contributed by atoms with Crippen LogP contribution in [0.1, 0.15) is 47.6 Å². The first-order chi connectivity index (χ1) is 25.6. The molecule has 0 atom stereocenters. The van der Waals surface area contributed by atoms with Crippen LogP contribution in [-0.4, -0.2) is 9.97 Å². The second-order valence-electron chi connectivity index (χ2n) is 14.3. The Hall–Kier alpha value is -6.38. The van der Waals surface area contributed by atoms with Crippen molar-refractivity contribution in [2.75, 3.05) is 0 Å². The summed E-state index contributed by atoms with van der Waals surface area (Å²) in [7, 11) is 0. The molecule has 2 nitrogen and oxygen atoms in total. The molecule has 1 spiro atoms. The standard InChI is InChI=1S/C50H36N2/c1-32(2)35-28-36(33-16-5-3-6-17-33)30-37(29-35)49-51-46(34-18-7-4-8-19-34)31-47(52-49)41-23-15-27-45-48(41)40-22-11-14-26-44(40)50(45)42-24-12-9-20-38(42)39-21-10-13-25-43(39)50/h3-32H,1-2H3. The summed E-state index contributed by atoms with van der Waals surface area (Å²) in [5.74, 6) is 1.08. The van der Waals surface area contributed by atoms with Crippen molar-refractivity contribution in [1.29, 1.82) is 0 Å². The third-order valence-electron chi connectivity index (χ3n) is 11.1. The highest BCUT2D eigenvalue weighted by atomic mass is 14.9. The van der Waals surface area contributed by atoms with E-state index in [2.05, 4.69) is 190 Å². The molecule has 52 heavy (non-hydrogen) atoms. The third-order valence-corrected chi connectivity index (χ3v) is 11.1. The van der Waals surface area contributed by atoms with Crippen LogP contribution in [-0.2, 0) is 5.41 Å². The molecular weight excluding hydrogens is 629 g/mol. The highest BCUT2D eigenvalue weighted by molar-refractivity contribution is 5.99. The first-order valence-corrected chi connectivity index (χ1v) is 18.2. The Kier molecular flexibility index (Phi) is 6.94. The van der Waals surface area contributed by atoms with E-state index < -0.39 is 5.41 Å². The molecule has 7 aromatic carbocycles. The summed E-state index contributed by atoms with van der Waals surface area (Å²) in [6.45, 7) is 4.50. The Bertz CT molecular complexity index is 2610. The SMILES string of the molecule is CC(C)c1cc(-c2ccccc2)cc(-c2nc(-c3ccccc3)cc(-c3cccc4c3-c3ccccc3C43c4ccccc4-c4ccccc43)n2)c1. The fourth-order valence-electron chi connectivity index (χ4n) is 8.74. The largest absolute Gasteiger partial charge is 0.228 e. The van der Waals surface area contributed by atoms with Crippen LogP contribution in [0, 0.1) is 0 Å². The monoisotopic (exact) mass is 664 g/mol. The number of benzene rings is 7. The minimum Gasteiger partial charge on any atom is -0.228 e. The van der Waals surface area contributed by atoms with Crippen LogP contribution >= 0.6 is 0 Å². The molecule has 246 valence electrons. The third kappa shape index (κ3) is 4.50. The van der Waals surface area contributed by atoms with E-state index >= 15 is 0 Å². The van der Waals surface area contributed by atoms with Gasteiger partial charge in [0.2, 0.25) is 0 Å². The summed E-state index contributed by atoms with van der Waals surface area (Å²) in [5.41, 5.74) is 18.7. The molecule has 1 aromatic heterocycles. The van der Waals surface area contributed by atoms with Gasteiger partial charge in [0.25, 0.3) is 0 Å². The molecule has 0 N–H and O–H groups in total. The van der Waals surface area contributed by atoms with Gasteiger partial charge < -0.3 is 0 Å². The van der Waals surface area contributed by atoms with Crippen LogP contribution in [0.25, 0.3) is 67.3 Å². The van der Waals surface area contributed by atoms with Crippen molar-refractivity contribution in [3.8, 4) is 67.3 Å². The molecule has 0 aliphatic heterocycles. The van der Waals surface area contributed by atoms with E-state index in [1.54, 1.807) is 0 Å². The van der Waals surface area contributed by atoms with E-state index in [4.69, 9.17) is 9.97 Å². The molecule has 0 fully saturated rings. The maximum absolute atomic E-state index is 5.48. The molecule has 8 aromatic rings. The second-order valence-corrected chi connectivity index (χ2v) is 14.3. The summed E-state index contributed by atoms with van der Waals surface area (Å²) >= 11 is 0. The van der Waals surface area contributed by atoms with Crippen molar-refractivity contribution in [2.45, 2.75) is 25.2 Å². The lowest BCUT2D eigenvalue weighted by Crippen LogP contribution is -2.25. The smallest absolute Gasteiger partial charge is 0.160 e. The van der Waals surface area contributed by atoms with Gasteiger partial charge in [0.1, 0.15) is 0 Å². The average molecular weight is 665 g/mol. The van der Waals surface area contributed by atoms with Crippen molar-refractivity contribution in [2.24, 2.45) is 0 Å². The predicted octanol–water partition coefficient (Wildman–Crippen LogP) is 12.6. The quantitative estimate of drug-likeness (QED) is 0.183. The van der Waals surface area contributed by atoms with E-state index in [9.17, 15) is 0 Å². The van der Waals surface area contributed by atoms with Crippen LogP contribution < -0.4 is 0 Å². The maximum atomic E-state index is 5.48. The summed E-state index contributed by atoms with van der Waals surface area (Å²) in [5, 5.41) is 0. The van der Waals surface area contributed by atoms with Crippen LogP contribution in [0.3, 0.4) is 0 Å². The normalized spacial score (nSPS) is 13.1. The van der Waals surface area contributed by atoms with Gasteiger partial charge in [-0.25, -0.2) is 9.97 Å². The number of nitrogens with zero attached hydrogens (tertiary/aromatic N) is 2. The van der Waals surface area contributed by atoms with Crippen LogP contribution in [0.2, 0.25) is 0 Å². The molecule has 0 saturated carbocycles. The zero-order chi connectivity index (χ0) is 34.8. The van der Waals surface area contributed by atoms with Gasteiger partial charge in [0, 0.05) is 16.7 Å². The summed E-state index contributed by atoms with van der Waals surface area (Å²) in [4.78, 5) is 10.8. The van der Waals surface area contributed by atoms with Crippen LogP contribution in [0.15, 0.2) is 176 Å². The van der Waals surface area contributed by atoms with Gasteiger partial charge in [-0.2, -0.15) is 0 Å². The van der Waals surface area contributed by atoms with Crippen molar-refractivity contribution in [3.63, 3.8) is 0 Å². The van der Waals surface area contributed by atoms with Gasteiger partial charge >= 0.3 is 0 Å². The van der Waals surface area contributed by atoms with Crippen molar-refractivity contribution < 1.29 is 0 Å². The van der Waals surface area contributed by atoms with Gasteiger partial charge in [-0.3, -0.25) is 0 Å². The molecule has 2 aliphatic carbocycles. The fourth-order valence-corrected chi connectivity index (χ4v) is 8.74. The minimum atomic E-state index is -0.413. The molecule has 0 unspecified atom stereocenters. The fraction of sp³-hybridized carbons (Fsp3) is 0.0800. The van der Waals surface area contributed by atoms with Gasteiger partial charge in [-0.15, -0.1) is 0 Å². The molecule has 0 radical (unpaired) electrons. The van der Waals surface area contributed by atoms with Crippen molar-refractivity contribution in [1.82, 2.24) is 9.97 Å². The molecule has 0 amide bonds. The van der Waals surface area contributed by atoms with E-state index in [0.29, 0.717) is 5.92 Å². The topological polar surface area (TPSA) is 25.8 Å². The van der Waals surface area contributed by atoms with Gasteiger partial charge in [0.15, 0.2) is 5.82 Å². The van der Waals surface area contributed by atoms with E-state index in [0.717, 1.165) is 33.9 Å². The second kappa shape index (κ2) is 11.9. The molecule has 0 bridgehead atoms. The van der Waals surface area contributed by atoms with E-state index in [1.807, 2.05) is 0 Å². The minimum absolute atomic E-state index is 0.349. The lowest BCUT2D eigenvalue weighted by atomic mass is 9.70. The Labute approximate surface area is 305 Å². The van der Waals surface area contributed by atoms with Crippen LogP contribution in [0.4, 0.5) is 0 Å². The first kappa shape index (κ1) is 30.4. The lowest BCUT2D eigenvalue weighted by Gasteiger charge is -2.30. The molecule has 10 rings (SSSR count). The molecule has 1 heterocycles. The number of rotatable bonds is 5. The number of fused-ring (bicyclic) bond motifs is 10. The maximum Gasteiger partial charge on any atom is 0.160 e. The van der Waals surface area contributed by atoms with Gasteiger partial charge in [-0.05, 0) is 85.3 Å². The highest BCUT2D eigenvalue weighted by Gasteiger charge is 2.52. The summed E-state index contributed by atoms with van der Waals surface area (Å²) in [6.07, 6.45) is 0. The predicted molar refractivity (Wildman–Crippen MR) is 214 cm³/mol. The number of hydrogen-bond acceptors (Lipinski definition) is 2. The number of aromatic nitrogens is 2. The summed E-state index contributed by atoms with van der Waals surface area (Å²) < 4.78 is 0. The van der Waals surface area contributed by atoms with Gasteiger partial charge in [0.05, 0.1) is 16.8 Å².